The zero-order valence-corrected chi connectivity index (χ0v) is 13.1. The number of rotatable bonds is 2. The van der Waals surface area contributed by atoms with Crippen molar-refractivity contribution in [3.05, 3.63) is 23.2 Å². The number of nitrogens with two attached hydrogens (primary N) is 1. The van der Waals surface area contributed by atoms with Gasteiger partial charge >= 0.3 is 0 Å². The second kappa shape index (κ2) is 5.30. The van der Waals surface area contributed by atoms with Gasteiger partial charge in [-0.15, -0.1) is 5.10 Å². The van der Waals surface area contributed by atoms with Crippen LogP contribution in [0.5, 0.6) is 0 Å². The molecule has 0 aliphatic heterocycles. The van der Waals surface area contributed by atoms with Crippen LogP contribution in [0.15, 0.2) is 18.2 Å². The van der Waals surface area contributed by atoms with Crippen LogP contribution in [0.1, 0.15) is 45.6 Å². The molecule has 1 aromatic heterocycles. The van der Waals surface area contributed by atoms with Gasteiger partial charge in [-0.3, -0.25) is 0 Å². The molecule has 0 spiro atoms. The third-order valence-corrected chi connectivity index (χ3v) is 4.80. The molecule has 21 heavy (non-hydrogen) atoms. The first-order chi connectivity index (χ1) is 9.99. The maximum atomic E-state index is 6.31. The van der Waals surface area contributed by atoms with Crippen molar-refractivity contribution in [2.75, 3.05) is 5.73 Å². The number of halogens is 1. The van der Waals surface area contributed by atoms with Crippen molar-refractivity contribution in [3.63, 3.8) is 0 Å². The first-order valence-corrected chi connectivity index (χ1v) is 7.70. The van der Waals surface area contributed by atoms with Gasteiger partial charge in [0.05, 0.1) is 11.1 Å². The first kappa shape index (κ1) is 14.3. The Bertz CT molecular complexity index is 649. The van der Waals surface area contributed by atoms with E-state index in [2.05, 4.69) is 29.4 Å². The van der Waals surface area contributed by atoms with Gasteiger partial charge < -0.3 is 5.73 Å². The summed E-state index contributed by atoms with van der Waals surface area (Å²) in [4.78, 5) is 0. The molecule has 112 valence electrons. The molecule has 0 radical (unpaired) electrons. The van der Waals surface area contributed by atoms with E-state index in [1.165, 1.54) is 19.3 Å². The molecule has 1 aliphatic rings. The van der Waals surface area contributed by atoms with E-state index in [1.54, 1.807) is 12.1 Å². The van der Waals surface area contributed by atoms with Crippen LogP contribution in [0.3, 0.4) is 0 Å². The number of anilines is 1. The predicted molar refractivity (Wildman–Crippen MR) is 84.0 cm³/mol. The van der Waals surface area contributed by atoms with Gasteiger partial charge in [-0.1, -0.05) is 38.3 Å². The summed E-state index contributed by atoms with van der Waals surface area (Å²) in [6, 6.07) is 5.69. The van der Waals surface area contributed by atoms with E-state index in [0.29, 0.717) is 16.5 Å². The van der Waals surface area contributed by atoms with E-state index in [-0.39, 0.29) is 11.5 Å². The summed E-state index contributed by atoms with van der Waals surface area (Å²) in [5.74, 6) is 0.701. The van der Waals surface area contributed by atoms with Crippen molar-refractivity contribution in [1.82, 2.24) is 20.2 Å². The SMILES string of the molecule is CC1(C)CCCCC1n1nnnc1-c1cc(N)ccc1Cl. The van der Waals surface area contributed by atoms with Crippen molar-refractivity contribution in [1.29, 1.82) is 0 Å². The third-order valence-electron chi connectivity index (χ3n) is 4.47. The van der Waals surface area contributed by atoms with Crippen LogP contribution in [0.4, 0.5) is 5.69 Å². The molecule has 0 saturated heterocycles. The summed E-state index contributed by atoms with van der Waals surface area (Å²) in [5, 5.41) is 12.9. The molecule has 1 saturated carbocycles. The number of hydrogen-bond donors (Lipinski definition) is 1. The lowest BCUT2D eigenvalue weighted by atomic mass is 9.73. The average Bonchev–Trinajstić information content (AvgIpc) is 2.90. The Kier molecular flexibility index (Phi) is 3.61. The fraction of sp³-hybridized carbons (Fsp3) is 0.533. The van der Waals surface area contributed by atoms with Crippen LogP contribution < -0.4 is 5.73 Å². The van der Waals surface area contributed by atoms with Gasteiger partial charge in [-0.25, -0.2) is 4.68 Å². The molecule has 5 nitrogen and oxygen atoms in total. The number of benzene rings is 1. The first-order valence-electron chi connectivity index (χ1n) is 7.32. The molecule has 0 amide bonds. The van der Waals surface area contributed by atoms with E-state index in [9.17, 15) is 0 Å². The summed E-state index contributed by atoms with van der Waals surface area (Å²) in [5.41, 5.74) is 7.51. The van der Waals surface area contributed by atoms with Crippen LogP contribution in [-0.4, -0.2) is 20.2 Å². The van der Waals surface area contributed by atoms with Gasteiger partial charge in [0.1, 0.15) is 0 Å². The molecule has 1 aromatic carbocycles. The van der Waals surface area contributed by atoms with Crippen LogP contribution >= 0.6 is 11.6 Å². The number of nitrogen functional groups attached to an aromatic ring is 1. The molecular formula is C15H20ClN5. The van der Waals surface area contributed by atoms with Crippen LogP contribution in [0, 0.1) is 5.41 Å². The van der Waals surface area contributed by atoms with Gasteiger partial charge in [-0.05, 0) is 46.9 Å². The number of nitrogens with zero attached hydrogens (tertiary/aromatic N) is 4. The van der Waals surface area contributed by atoms with Gasteiger partial charge in [0.15, 0.2) is 5.82 Å². The Morgan fingerprint density at radius 1 is 1.33 bits per heavy atom. The fourth-order valence-corrected chi connectivity index (χ4v) is 3.43. The molecule has 2 N–H and O–H groups in total. The normalized spacial score (nSPS) is 21.4. The van der Waals surface area contributed by atoms with Crippen molar-refractivity contribution in [3.8, 4) is 11.4 Å². The number of aromatic nitrogens is 4. The molecular weight excluding hydrogens is 286 g/mol. The molecule has 0 bridgehead atoms. The highest BCUT2D eigenvalue weighted by Gasteiger charge is 2.36. The second-order valence-electron chi connectivity index (χ2n) is 6.44. The minimum absolute atomic E-state index is 0.176. The highest BCUT2D eigenvalue weighted by Crippen LogP contribution is 2.44. The lowest BCUT2D eigenvalue weighted by Gasteiger charge is -2.38. The summed E-state index contributed by atoms with van der Waals surface area (Å²) >= 11 is 6.31. The molecule has 2 aromatic rings. The minimum atomic E-state index is 0.176. The van der Waals surface area contributed by atoms with Crippen LogP contribution in [0.25, 0.3) is 11.4 Å². The minimum Gasteiger partial charge on any atom is -0.399 e. The summed E-state index contributed by atoms with van der Waals surface area (Å²) < 4.78 is 1.93. The van der Waals surface area contributed by atoms with E-state index in [0.717, 1.165) is 12.0 Å². The Morgan fingerprint density at radius 3 is 2.90 bits per heavy atom. The van der Waals surface area contributed by atoms with Gasteiger partial charge in [0.2, 0.25) is 0 Å². The van der Waals surface area contributed by atoms with E-state index in [1.807, 2.05) is 10.7 Å². The maximum Gasteiger partial charge on any atom is 0.183 e. The van der Waals surface area contributed by atoms with Crippen LogP contribution in [0.2, 0.25) is 5.02 Å². The average molecular weight is 306 g/mol. The monoisotopic (exact) mass is 305 g/mol. The molecule has 1 fully saturated rings. The molecule has 1 unspecified atom stereocenters. The Morgan fingerprint density at radius 2 is 2.14 bits per heavy atom. The lowest BCUT2D eigenvalue weighted by molar-refractivity contribution is 0.132. The third kappa shape index (κ3) is 2.62. The highest BCUT2D eigenvalue weighted by molar-refractivity contribution is 6.33. The van der Waals surface area contributed by atoms with Crippen LogP contribution in [-0.2, 0) is 0 Å². The largest absolute Gasteiger partial charge is 0.399 e. The Labute approximate surface area is 129 Å². The zero-order valence-electron chi connectivity index (χ0n) is 12.4. The van der Waals surface area contributed by atoms with E-state index < -0.39 is 0 Å². The zero-order chi connectivity index (χ0) is 15.0. The van der Waals surface area contributed by atoms with E-state index >= 15 is 0 Å². The molecule has 1 aliphatic carbocycles. The summed E-state index contributed by atoms with van der Waals surface area (Å²) in [6.07, 6.45) is 4.74. The predicted octanol–water partition coefficient (Wildman–Crippen LogP) is 3.72. The standard InChI is InChI=1S/C15H20ClN5/c1-15(2)8-4-3-5-13(15)21-14(18-19-20-21)11-9-10(17)6-7-12(11)16/h6-7,9,13H,3-5,8,17H2,1-2H3. The summed E-state index contributed by atoms with van der Waals surface area (Å²) in [7, 11) is 0. The highest BCUT2D eigenvalue weighted by atomic mass is 35.5. The smallest absolute Gasteiger partial charge is 0.183 e. The Balaban J connectivity index is 2.07. The Hall–Kier alpha value is -1.62. The van der Waals surface area contributed by atoms with Gasteiger partial charge in [0, 0.05) is 11.3 Å². The topological polar surface area (TPSA) is 69.6 Å². The van der Waals surface area contributed by atoms with Crippen molar-refractivity contribution >= 4 is 17.3 Å². The van der Waals surface area contributed by atoms with Gasteiger partial charge in [-0.2, -0.15) is 0 Å². The number of hydrogen-bond acceptors (Lipinski definition) is 4. The van der Waals surface area contributed by atoms with Crippen molar-refractivity contribution in [2.45, 2.75) is 45.6 Å². The molecule has 3 rings (SSSR count). The van der Waals surface area contributed by atoms with E-state index in [4.69, 9.17) is 17.3 Å². The maximum absolute atomic E-state index is 6.31. The fourth-order valence-electron chi connectivity index (χ4n) is 3.22. The van der Waals surface area contributed by atoms with Crippen molar-refractivity contribution < 1.29 is 0 Å². The lowest BCUT2D eigenvalue weighted by Crippen LogP contribution is -2.31. The molecule has 1 atom stereocenters. The molecule has 1 heterocycles. The number of tetrazole rings is 1. The quantitative estimate of drug-likeness (QED) is 0.859. The molecule has 6 heteroatoms. The summed E-state index contributed by atoms with van der Waals surface area (Å²) in [6.45, 7) is 4.56. The van der Waals surface area contributed by atoms with Gasteiger partial charge in [0.25, 0.3) is 0 Å². The van der Waals surface area contributed by atoms with Crippen molar-refractivity contribution in [2.24, 2.45) is 5.41 Å². The second-order valence-corrected chi connectivity index (χ2v) is 6.84.